The Balaban J connectivity index is 3.25. The molecule has 0 aliphatic rings. The lowest BCUT2D eigenvalue weighted by Gasteiger charge is -1.79. The molecule has 0 atom stereocenters. The number of hydrogen-bond donors (Lipinski definition) is 0. The summed E-state index contributed by atoms with van der Waals surface area (Å²) < 4.78 is 14.4. The largest absolute Gasteiger partial charge is 0.244 e. The first kappa shape index (κ1) is 2.77. The van der Waals surface area contributed by atoms with Gasteiger partial charge in [0.2, 0.25) is 0 Å². The van der Waals surface area contributed by atoms with Gasteiger partial charge in [0.15, 0.2) is 0 Å². The number of aromatic nitrogens is 2. The van der Waals surface area contributed by atoms with Gasteiger partial charge in [0.25, 0.3) is 0 Å². The van der Waals surface area contributed by atoms with Crippen molar-refractivity contribution in [2.75, 3.05) is 0 Å². The van der Waals surface area contributed by atoms with Crippen molar-refractivity contribution in [2.24, 2.45) is 0 Å². The van der Waals surface area contributed by atoms with E-state index in [2.05, 4.69) is 25.9 Å². The van der Waals surface area contributed by atoms with Gasteiger partial charge in [0, 0.05) is 12.3 Å². The van der Waals surface area contributed by atoms with Crippen LogP contribution in [-0.2, 0) is 0 Å². The molecule has 0 aliphatic carbocycles. The molecule has 0 saturated heterocycles. The first-order valence-electron chi connectivity index (χ1n) is 2.65. The smallest absolute Gasteiger partial charge is 0.115 e. The minimum atomic E-state index is 0.0509. The Morgan fingerprint density at radius 3 is 2.57 bits per heavy atom. The third kappa shape index (κ3) is 1.23. The number of hydrogen-bond acceptors (Lipinski definition) is 2. The highest BCUT2D eigenvalue weighted by atomic mass is 79.9. The Hall–Kier alpha value is -0.440. The predicted octanol–water partition coefficient (Wildman–Crippen LogP) is 1.24. The summed E-state index contributed by atoms with van der Waals surface area (Å²) in [5.41, 5.74) is 0. The second kappa shape index (κ2) is 2.02. The summed E-state index contributed by atoms with van der Waals surface area (Å²) >= 11 is 2.98. The molecule has 3 heteroatoms. The lowest BCUT2D eigenvalue weighted by Crippen LogP contribution is -1.71. The van der Waals surface area contributed by atoms with Crippen LogP contribution in [0.4, 0.5) is 0 Å². The second-order valence-corrected chi connectivity index (χ2v) is 1.70. The molecule has 36 valence electrons. The average Bonchev–Trinajstić information content (AvgIpc) is 1.83. The zero-order valence-corrected chi connectivity index (χ0v) is 4.94. The highest BCUT2D eigenvalue weighted by Crippen LogP contribution is 2.00. The summed E-state index contributed by atoms with van der Waals surface area (Å²) in [5, 5.41) is 0. The van der Waals surface area contributed by atoms with Gasteiger partial charge in [0.1, 0.15) is 6.33 Å². The molecule has 0 N–H and O–H groups in total. The van der Waals surface area contributed by atoms with Crippen LogP contribution in [0.3, 0.4) is 0 Å². The summed E-state index contributed by atoms with van der Waals surface area (Å²) in [6.45, 7) is 0. The van der Waals surface area contributed by atoms with Crippen LogP contribution < -0.4 is 0 Å². The van der Waals surface area contributed by atoms with Crippen LogP contribution in [0.5, 0.6) is 0 Å². The first-order chi connectivity index (χ1) is 4.22. The summed E-state index contributed by atoms with van der Waals surface area (Å²) in [4.78, 5) is 7.06. The molecule has 7 heavy (non-hydrogen) atoms. The van der Waals surface area contributed by atoms with E-state index in [0.717, 1.165) is 0 Å². The van der Waals surface area contributed by atoms with E-state index in [4.69, 9.17) is 2.74 Å². The van der Waals surface area contributed by atoms with Crippen LogP contribution in [0.15, 0.2) is 23.1 Å². The molecule has 0 unspecified atom stereocenters. The van der Waals surface area contributed by atoms with Crippen molar-refractivity contribution >= 4 is 15.9 Å². The average molecular weight is 161 g/mol. The van der Waals surface area contributed by atoms with Crippen molar-refractivity contribution in [2.45, 2.75) is 0 Å². The SMILES string of the molecule is [2H]c1ncnc([2H])c1Br. The molecular weight excluding hydrogens is 156 g/mol. The molecule has 1 aromatic heterocycles. The maximum Gasteiger partial charge on any atom is 0.115 e. The molecule has 0 bridgehead atoms. The molecule has 0 aliphatic heterocycles. The first-order valence-corrected chi connectivity index (χ1v) is 2.45. The van der Waals surface area contributed by atoms with Crippen molar-refractivity contribution in [1.29, 1.82) is 0 Å². The summed E-state index contributed by atoms with van der Waals surface area (Å²) in [5.74, 6) is 0. The van der Waals surface area contributed by atoms with Crippen molar-refractivity contribution in [3.05, 3.63) is 23.1 Å². The van der Waals surface area contributed by atoms with Crippen LogP contribution in [0.1, 0.15) is 2.74 Å². The van der Waals surface area contributed by atoms with Crippen LogP contribution in [0.25, 0.3) is 0 Å². The van der Waals surface area contributed by atoms with Gasteiger partial charge in [-0.15, -0.1) is 0 Å². The molecule has 0 spiro atoms. The number of rotatable bonds is 0. The Bertz CT molecular complexity index is 208. The molecule has 2 nitrogen and oxygen atoms in total. The van der Waals surface area contributed by atoms with Crippen LogP contribution in [-0.4, -0.2) is 9.97 Å². The van der Waals surface area contributed by atoms with Crippen molar-refractivity contribution in [1.82, 2.24) is 9.97 Å². The van der Waals surface area contributed by atoms with Crippen LogP contribution in [0.2, 0.25) is 0 Å². The van der Waals surface area contributed by atoms with E-state index in [9.17, 15) is 0 Å². The van der Waals surface area contributed by atoms with Crippen molar-refractivity contribution in [3.63, 3.8) is 0 Å². The van der Waals surface area contributed by atoms with E-state index in [1.807, 2.05) is 0 Å². The molecule has 1 aromatic rings. The van der Waals surface area contributed by atoms with E-state index in [1.54, 1.807) is 0 Å². The van der Waals surface area contributed by atoms with Gasteiger partial charge < -0.3 is 0 Å². The summed E-state index contributed by atoms with van der Waals surface area (Å²) in [6.07, 6.45) is 1.29. The standard InChI is InChI=1S/C4H3BrN2/c5-4-1-6-3-7-2-4/h1-3H/i1D,2D. The van der Waals surface area contributed by atoms with Crippen LogP contribution >= 0.6 is 15.9 Å². The Kier molecular flexibility index (Phi) is 0.800. The topological polar surface area (TPSA) is 25.8 Å². The monoisotopic (exact) mass is 160 g/mol. The van der Waals surface area contributed by atoms with E-state index in [1.165, 1.54) is 6.33 Å². The molecule has 0 fully saturated rings. The van der Waals surface area contributed by atoms with Gasteiger partial charge in [-0.3, -0.25) is 0 Å². The van der Waals surface area contributed by atoms with Gasteiger partial charge in [-0.25, -0.2) is 9.97 Å². The van der Waals surface area contributed by atoms with Gasteiger partial charge in [-0.05, 0) is 15.9 Å². The fourth-order valence-electron chi connectivity index (χ4n) is 0.225. The van der Waals surface area contributed by atoms with Gasteiger partial charge in [0.05, 0.1) is 7.21 Å². The Labute approximate surface area is 52.5 Å². The third-order valence-electron chi connectivity index (χ3n) is 0.441. The maximum atomic E-state index is 7.04. The summed E-state index contributed by atoms with van der Waals surface area (Å²) in [7, 11) is 0. The maximum absolute atomic E-state index is 7.04. The van der Waals surface area contributed by atoms with Crippen LogP contribution in [0, 0.1) is 0 Å². The Morgan fingerprint density at radius 1 is 1.57 bits per heavy atom. The molecular formula is C4H3BrN2. The minimum Gasteiger partial charge on any atom is -0.244 e. The quantitative estimate of drug-likeness (QED) is 0.571. The van der Waals surface area contributed by atoms with Crippen molar-refractivity contribution in [3.8, 4) is 0 Å². The predicted molar refractivity (Wildman–Crippen MR) is 29.7 cm³/mol. The fraction of sp³-hybridized carbons (Fsp3) is 0. The van der Waals surface area contributed by atoms with E-state index in [0.29, 0.717) is 4.47 Å². The van der Waals surface area contributed by atoms with Gasteiger partial charge in [-0.2, -0.15) is 0 Å². The van der Waals surface area contributed by atoms with E-state index < -0.39 is 0 Å². The Morgan fingerprint density at radius 2 is 2.14 bits per heavy atom. The number of halogens is 1. The lowest BCUT2D eigenvalue weighted by atomic mass is 10.7. The summed E-state index contributed by atoms with van der Waals surface area (Å²) in [6, 6.07) is 0. The fourth-order valence-corrected chi connectivity index (χ4v) is 0.430. The zero-order valence-electron chi connectivity index (χ0n) is 5.35. The normalized spacial score (nSPS) is 12.7. The molecule has 1 heterocycles. The second-order valence-electron chi connectivity index (χ2n) is 0.911. The molecule has 0 amide bonds. The number of nitrogens with zero attached hydrogens (tertiary/aromatic N) is 2. The van der Waals surface area contributed by atoms with Gasteiger partial charge in [-0.1, -0.05) is 0 Å². The zero-order chi connectivity index (χ0) is 6.85. The van der Waals surface area contributed by atoms with E-state index in [-0.39, 0.29) is 12.3 Å². The molecule has 1 rings (SSSR count). The van der Waals surface area contributed by atoms with E-state index >= 15 is 0 Å². The minimum absolute atomic E-state index is 0.0509. The lowest BCUT2D eigenvalue weighted by molar-refractivity contribution is 1.15. The highest BCUT2D eigenvalue weighted by Gasteiger charge is 1.76. The molecule has 0 saturated carbocycles. The molecule has 0 radical (unpaired) electrons. The van der Waals surface area contributed by atoms with Gasteiger partial charge >= 0.3 is 0 Å². The highest BCUT2D eigenvalue weighted by molar-refractivity contribution is 9.10. The third-order valence-corrected chi connectivity index (χ3v) is 0.796. The molecule has 0 aromatic carbocycles. The van der Waals surface area contributed by atoms with Crippen molar-refractivity contribution < 1.29 is 2.74 Å².